The highest BCUT2D eigenvalue weighted by atomic mass is 32.2. The number of fused-ring (bicyclic) bond motifs is 1. The molecule has 7 heteroatoms. The molecule has 27 heavy (non-hydrogen) atoms. The van der Waals surface area contributed by atoms with Crippen LogP contribution in [-0.4, -0.2) is 52.2 Å². The van der Waals surface area contributed by atoms with E-state index in [0.29, 0.717) is 11.3 Å². The van der Waals surface area contributed by atoms with Gasteiger partial charge in [-0.25, -0.2) is 4.79 Å². The van der Waals surface area contributed by atoms with E-state index >= 15 is 0 Å². The molecule has 2 aromatic heterocycles. The minimum absolute atomic E-state index is 0.00963. The predicted molar refractivity (Wildman–Crippen MR) is 107 cm³/mol. The fourth-order valence-electron chi connectivity index (χ4n) is 3.28. The molecule has 3 heterocycles. The quantitative estimate of drug-likeness (QED) is 0.707. The van der Waals surface area contributed by atoms with Crippen molar-refractivity contribution in [3.8, 4) is 0 Å². The van der Waals surface area contributed by atoms with E-state index in [0.717, 1.165) is 16.5 Å². The van der Waals surface area contributed by atoms with Crippen LogP contribution in [0.25, 0.3) is 10.9 Å². The molecule has 1 N–H and O–H groups in total. The van der Waals surface area contributed by atoms with Gasteiger partial charge in [0.2, 0.25) is 0 Å². The molecular formula is C20H20N4O2S. The highest BCUT2D eigenvalue weighted by molar-refractivity contribution is 7.99. The van der Waals surface area contributed by atoms with Gasteiger partial charge in [0, 0.05) is 49.4 Å². The molecule has 0 radical (unpaired) electrons. The van der Waals surface area contributed by atoms with E-state index in [1.165, 1.54) is 4.90 Å². The predicted octanol–water partition coefficient (Wildman–Crippen LogP) is 3.15. The van der Waals surface area contributed by atoms with Crippen LogP contribution >= 0.6 is 11.8 Å². The first-order valence-corrected chi connectivity index (χ1v) is 9.74. The monoisotopic (exact) mass is 380 g/mol. The Morgan fingerprint density at radius 2 is 2.04 bits per heavy atom. The first-order chi connectivity index (χ1) is 13.1. The van der Waals surface area contributed by atoms with Crippen LogP contribution < -0.4 is 5.32 Å². The summed E-state index contributed by atoms with van der Waals surface area (Å²) >= 11 is 1.70. The van der Waals surface area contributed by atoms with Gasteiger partial charge in [-0.2, -0.15) is 0 Å². The van der Waals surface area contributed by atoms with E-state index < -0.39 is 0 Å². The SMILES string of the molecule is CN(C)C(=O)n1cc(C(=O)[C@@H]2CSC(c3cccnc3)N2)c2ccccc21. The van der Waals surface area contributed by atoms with E-state index in [9.17, 15) is 9.59 Å². The lowest BCUT2D eigenvalue weighted by molar-refractivity contribution is 0.0957. The largest absolute Gasteiger partial charge is 0.330 e. The number of ketones is 1. The summed E-state index contributed by atoms with van der Waals surface area (Å²) in [6.07, 6.45) is 5.22. The maximum Gasteiger partial charge on any atom is 0.328 e. The maximum absolute atomic E-state index is 13.2. The van der Waals surface area contributed by atoms with Crippen LogP contribution in [0.2, 0.25) is 0 Å². The summed E-state index contributed by atoms with van der Waals surface area (Å²) in [7, 11) is 3.40. The number of hydrogen-bond acceptors (Lipinski definition) is 5. The zero-order valence-electron chi connectivity index (χ0n) is 15.1. The number of amides is 1. The third-order valence-corrected chi connectivity index (χ3v) is 5.92. The molecule has 2 atom stereocenters. The Bertz CT molecular complexity index is 1000. The lowest BCUT2D eigenvalue weighted by Gasteiger charge is -2.12. The summed E-state index contributed by atoms with van der Waals surface area (Å²) in [6, 6.07) is 10.9. The van der Waals surface area contributed by atoms with Gasteiger partial charge in [-0.3, -0.25) is 19.7 Å². The first kappa shape index (κ1) is 17.8. The number of Topliss-reactive ketones (excluding diaryl/α,β-unsaturated/α-hetero) is 1. The van der Waals surface area contributed by atoms with Gasteiger partial charge in [-0.05, 0) is 17.7 Å². The van der Waals surface area contributed by atoms with E-state index in [4.69, 9.17) is 0 Å². The molecule has 4 rings (SSSR count). The molecule has 1 unspecified atom stereocenters. The number of nitrogens with one attached hydrogen (secondary N) is 1. The molecule has 0 bridgehead atoms. The van der Waals surface area contributed by atoms with Crippen LogP contribution in [0.1, 0.15) is 21.3 Å². The summed E-state index contributed by atoms with van der Waals surface area (Å²) in [5.74, 6) is 0.690. The molecule has 1 aliphatic rings. The second-order valence-electron chi connectivity index (χ2n) is 6.69. The standard InChI is InChI=1S/C20H20N4O2S/c1-23(2)20(26)24-11-15(14-7-3-4-8-17(14)24)18(25)16-12-27-19(22-16)13-6-5-9-21-10-13/h3-11,16,19,22H,12H2,1-2H3/t16-,19?/m0/s1. The number of rotatable bonds is 3. The Balaban J connectivity index is 1.65. The first-order valence-electron chi connectivity index (χ1n) is 8.70. The Kier molecular flexibility index (Phi) is 4.72. The van der Waals surface area contributed by atoms with E-state index in [-0.39, 0.29) is 23.2 Å². The molecular weight excluding hydrogens is 360 g/mol. The van der Waals surface area contributed by atoms with Crippen molar-refractivity contribution < 1.29 is 9.59 Å². The lowest BCUT2D eigenvalue weighted by atomic mass is 10.0. The fourth-order valence-corrected chi connectivity index (χ4v) is 4.51. The molecule has 1 amide bonds. The molecule has 3 aromatic rings. The number of para-hydroxylation sites is 1. The third kappa shape index (κ3) is 3.24. The van der Waals surface area contributed by atoms with Crippen LogP contribution in [0.3, 0.4) is 0 Å². The molecule has 1 aliphatic heterocycles. The van der Waals surface area contributed by atoms with Crippen molar-refractivity contribution in [2.24, 2.45) is 0 Å². The zero-order chi connectivity index (χ0) is 19.0. The Labute approximate surface area is 161 Å². The summed E-state index contributed by atoms with van der Waals surface area (Å²) in [4.78, 5) is 31.4. The highest BCUT2D eigenvalue weighted by Gasteiger charge is 2.33. The molecule has 1 saturated heterocycles. The summed E-state index contributed by atoms with van der Waals surface area (Å²) in [5.41, 5.74) is 2.38. The van der Waals surface area contributed by atoms with Gasteiger partial charge in [0.25, 0.3) is 0 Å². The van der Waals surface area contributed by atoms with Gasteiger partial charge in [0.05, 0.1) is 16.9 Å². The van der Waals surface area contributed by atoms with Gasteiger partial charge < -0.3 is 4.90 Å². The van der Waals surface area contributed by atoms with Crippen LogP contribution in [0.4, 0.5) is 4.79 Å². The second kappa shape index (κ2) is 7.17. The van der Waals surface area contributed by atoms with E-state index in [1.54, 1.807) is 42.8 Å². The van der Waals surface area contributed by atoms with Crippen molar-refractivity contribution in [3.63, 3.8) is 0 Å². The molecule has 1 aromatic carbocycles. The Morgan fingerprint density at radius 3 is 2.78 bits per heavy atom. The molecule has 0 spiro atoms. The number of aromatic nitrogens is 2. The minimum atomic E-state index is -0.297. The zero-order valence-corrected chi connectivity index (χ0v) is 15.9. The topological polar surface area (TPSA) is 67.2 Å². The van der Waals surface area contributed by atoms with Gasteiger partial charge in [-0.1, -0.05) is 24.3 Å². The average molecular weight is 380 g/mol. The molecule has 1 fully saturated rings. The van der Waals surface area contributed by atoms with Gasteiger partial charge in [0.1, 0.15) is 0 Å². The number of carbonyl (C=O) groups excluding carboxylic acids is 2. The Morgan fingerprint density at radius 1 is 1.22 bits per heavy atom. The smallest absolute Gasteiger partial charge is 0.328 e. The number of thioether (sulfide) groups is 1. The van der Waals surface area contributed by atoms with Crippen LogP contribution in [-0.2, 0) is 0 Å². The number of carbonyl (C=O) groups is 2. The number of nitrogens with zero attached hydrogens (tertiary/aromatic N) is 3. The lowest BCUT2D eigenvalue weighted by Crippen LogP contribution is -2.34. The normalized spacial score (nSPS) is 19.3. The van der Waals surface area contributed by atoms with Crippen LogP contribution in [0, 0.1) is 0 Å². The van der Waals surface area contributed by atoms with Gasteiger partial charge >= 0.3 is 6.03 Å². The van der Waals surface area contributed by atoms with Gasteiger partial charge in [-0.15, -0.1) is 11.8 Å². The number of hydrogen-bond donors (Lipinski definition) is 1. The Hall–Kier alpha value is -2.64. The summed E-state index contributed by atoms with van der Waals surface area (Å²) in [6.45, 7) is 0. The van der Waals surface area contributed by atoms with Crippen molar-refractivity contribution >= 4 is 34.5 Å². The average Bonchev–Trinajstić information content (AvgIpc) is 3.33. The van der Waals surface area contributed by atoms with Gasteiger partial charge in [0.15, 0.2) is 5.78 Å². The fraction of sp³-hybridized carbons (Fsp3) is 0.250. The van der Waals surface area contributed by atoms with Crippen LogP contribution in [0.5, 0.6) is 0 Å². The van der Waals surface area contributed by atoms with E-state index in [2.05, 4.69) is 10.3 Å². The molecule has 0 aliphatic carbocycles. The number of pyridine rings is 1. The molecule has 138 valence electrons. The maximum atomic E-state index is 13.2. The summed E-state index contributed by atoms with van der Waals surface area (Å²) in [5, 5.41) is 4.25. The molecule has 0 saturated carbocycles. The van der Waals surface area contributed by atoms with E-state index in [1.807, 2.05) is 42.6 Å². The van der Waals surface area contributed by atoms with Crippen LogP contribution in [0.15, 0.2) is 55.0 Å². The third-order valence-electron chi connectivity index (χ3n) is 4.65. The van der Waals surface area contributed by atoms with Crippen molar-refractivity contribution in [3.05, 3.63) is 66.1 Å². The number of benzene rings is 1. The van der Waals surface area contributed by atoms with Crippen molar-refractivity contribution in [2.45, 2.75) is 11.4 Å². The highest BCUT2D eigenvalue weighted by Crippen LogP contribution is 2.34. The second-order valence-corrected chi connectivity index (χ2v) is 7.83. The minimum Gasteiger partial charge on any atom is -0.330 e. The molecule has 6 nitrogen and oxygen atoms in total. The van der Waals surface area contributed by atoms with Crippen molar-refractivity contribution in [1.82, 2.24) is 19.8 Å². The van der Waals surface area contributed by atoms with Crippen molar-refractivity contribution in [2.75, 3.05) is 19.8 Å². The van der Waals surface area contributed by atoms with Crippen molar-refractivity contribution in [1.29, 1.82) is 0 Å². The summed E-state index contributed by atoms with van der Waals surface area (Å²) < 4.78 is 1.54.